The lowest BCUT2D eigenvalue weighted by molar-refractivity contribution is 0.532. The molecule has 0 radical (unpaired) electrons. The second kappa shape index (κ2) is 4.95. The summed E-state index contributed by atoms with van der Waals surface area (Å²) in [5.74, 6) is 0.836. The van der Waals surface area contributed by atoms with E-state index in [0.29, 0.717) is 5.56 Å². The molecule has 0 aliphatic carbocycles. The maximum absolute atomic E-state index is 14.0. The number of fused-ring (bicyclic) bond motifs is 1. The molecule has 0 saturated heterocycles. The molecular formula is C17H22FN3. The van der Waals surface area contributed by atoms with Crippen LogP contribution in [-0.4, -0.2) is 16.1 Å². The van der Waals surface area contributed by atoms with Gasteiger partial charge in [0.25, 0.3) is 0 Å². The van der Waals surface area contributed by atoms with E-state index in [0.717, 1.165) is 36.7 Å². The SMILES string of the molecule is Cc1ccc(-n2c(C(C)(C)C)nc3c2CCNC3)cc1F. The van der Waals surface area contributed by atoms with Crippen LogP contribution in [0.1, 0.15) is 43.5 Å². The number of aromatic nitrogens is 2. The van der Waals surface area contributed by atoms with Crippen LogP contribution in [0.3, 0.4) is 0 Å². The van der Waals surface area contributed by atoms with Crippen molar-refractivity contribution in [2.24, 2.45) is 0 Å². The second-order valence-corrected chi connectivity index (χ2v) is 6.77. The Labute approximate surface area is 125 Å². The van der Waals surface area contributed by atoms with Crippen molar-refractivity contribution >= 4 is 0 Å². The van der Waals surface area contributed by atoms with Crippen molar-refractivity contribution in [1.29, 1.82) is 0 Å². The number of nitrogens with zero attached hydrogens (tertiary/aromatic N) is 2. The van der Waals surface area contributed by atoms with Gasteiger partial charge in [0.05, 0.1) is 5.69 Å². The van der Waals surface area contributed by atoms with Crippen molar-refractivity contribution < 1.29 is 4.39 Å². The smallest absolute Gasteiger partial charge is 0.128 e. The van der Waals surface area contributed by atoms with E-state index in [2.05, 4.69) is 30.7 Å². The first-order valence-electron chi connectivity index (χ1n) is 7.46. The molecule has 1 aliphatic rings. The van der Waals surface area contributed by atoms with Gasteiger partial charge in [0.2, 0.25) is 0 Å². The molecule has 0 amide bonds. The highest BCUT2D eigenvalue weighted by Crippen LogP contribution is 2.30. The Morgan fingerprint density at radius 2 is 2.05 bits per heavy atom. The van der Waals surface area contributed by atoms with E-state index in [4.69, 9.17) is 4.98 Å². The van der Waals surface area contributed by atoms with Crippen LogP contribution in [0.15, 0.2) is 18.2 Å². The van der Waals surface area contributed by atoms with Gasteiger partial charge >= 0.3 is 0 Å². The zero-order valence-corrected chi connectivity index (χ0v) is 13.1. The van der Waals surface area contributed by atoms with E-state index in [1.165, 1.54) is 5.69 Å². The minimum Gasteiger partial charge on any atom is -0.311 e. The molecule has 0 atom stereocenters. The lowest BCUT2D eigenvalue weighted by Gasteiger charge is -2.22. The Bertz CT molecular complexity index is 680. The van der Waals surface area contributed by atoms with Crippen LogP contribution in [0.25, 0.3) is 5.69 Å². The van der Waals surface area contributed by atoms with Gasteiger partial charge in [-0.2, -0.15) is 0 Å². The molecule has 2 heterocycles. The van der Waals surface area contributed by atoms with Gasteiger partial charge < -0.3 is 5.32 Å². The Kier molecular flexibility index (Phi) is 3.36. The van der Waals surface area contributed by atoms with Gasteiger partial charge in [-0.3, -0.25) is 4.57 Å². The van der Waals surface area contributed by atoms with Crippen LogP contribution >= 0.6 is 0 Å². The normalized spacial score (nSPS) is 15.1. The number of benzene rings is 1. The summed E-state index contributed by atoms with van der Waals surface area (Å²) < 4.78 is 16.1. The van der Waals surface area contributed by atoms with Crippen LogP contribution in [0.5, 0.6) is 0 Å². The monoisotopic (exact) mass is 287 g/mol. The maximum Gasteiger partial charge on any atom is 0.128 e. The van der Waals surface area contributed by atoms with Crippen LogP contribution in [-0.2, 0) is 18.4 Å². The van der Waals surface area contributed by atoms with Gasteiger partial charge in [-0.25, -0.2) is 9.37 Å². The van der Waals surface area contributed by atoms with E-state index >= 15 is 0 Å². The molecule has 1 aromatic carbocycles. The predicted octanol–water partition coefficient (Wildman–Crippen LogP) is 3.26. The molecule has 4 heteroatoms. The van der Waals surface area contributed by atoms with Gasteiger partial charge in [-0.1, -0.05) is 26.8 Å². The maximum atomic E-state index is 14.0. The Balaban J connectivity index is 2.24. The average Bonchev–Trinajstić information content (AvgIpc) is 2.81. The average molecular weight is 287 g/mol. The quantitative estimate of drug-likeness (QED) is 0.872. The minimum atomic E-state index is -0.163. The fraction of sp³-hybridized carbons (Fsp3) is 0.471. The highest BCUT2D eigenvalue weighted by molar-refractivity contribution is 5.42. The fourth-order valence-electron chi connectivity index (χ4n) is 2.81. The van der Waals surface area contributed by atoms with Gasteiger partial charge in [0.1, 0.15) is 11.6 Å². The molecule has 3 nitrogen and oxygen atoms in total. The Morgan fingerprint density at radius 1 is 1.29 bits per heavy atom. The summed E-state index contributed by atoms with van der Waals surface area (Å²) in [6.07, 6.45) is 0.925. The summed E-state index contributed by atoms with van der Waals surface area (Å²) in [5.41, 5.74) is 3.76. The molecule has 3 rings (SSSR count). The van der Waals surface area contributed by atoms with Crippen LogP contribution < -0.4 is 5.32 Å². The second-order valence-electron chi connectivity index (χ2n) is 6.77. The van der Waals surface area contributed by atoms with Crippen molar-refractivity contribution in [3.05, 3.63) is 46.8 Å². The third-order valence-corrected chi connectivity index (χ3v) is 3.97. The molecule has 112 valence electrons. The highest BCUT2D eigenvalue weighted by Gasteiger charge is 2.27. The largest absolute Gasteiger partial charge is 0.311 e. The standard InChI is InChI=1S/C17H22FN3/c1-11-5-6-12(9-13(11)18)21-15-7-8-19-10-14(15)20-16(21)17(2,3)4/h5-6,9,19H,7-8,10H2,1-4H3. The highest BCUT2D eigenvalue weighted by atomic mass is 19.1. The third-order valence-electron chi connectivity index (χ3n) is 3.97. The van der Waals surface area contributed by atoms with Crippen molar-refractivity contribution in [3.63, 3.8) is 0 Å². The summed E-state index contributed by atoms with van der Waals surface area (Å²) in [4.78, 5) is 4.83. The van der Waals surface area contributed by atoms with E-state index in [-0.39, 0.29) is 11.2 Å². The number of aryl methyl sites for hydroxylation is 1. The molecule has 1 N–H and O–H groups in total. The number of nitrogens with one attached hydrogen (secondary N) is 1. The van der Waals surface area contributed by atoms with Gasteiger partial charge in [-0.05, 0) is 24.6 Å². The predicted molar refractivity (Wildman–Crippen MR) is 82.4 cm³/mol. The fourth-order valence-corrected chi connectivity index (χ4v) is 2.81. The van der Waals surface area contributed by atoms with E-state index in [1.54, 1.807) is 13.0 Å². The number of hydrogen-bond donors (Lipinski definition) is 1. The molecule has 2 aromatic rings. The van der Waals surface area contributed by atoms with E-state index < -0.39 is 0 Å². The summed E-state index contributed by atoms with van der Waals surface area (Å²) in [5, 5.41) is 3.35. The Morgan fingerprint density at radius 3 is 2.71 bits per heavy atom. The third kappa shape index (κ3) is 2.48. The van der Waals surface area contributed by atoms with E-state index in [1.807, 2.05) is 12.1 Å². The molecule has 0 bridgehead atoms. The molecule has 1 aliphatic heterocycles. The molecular weight excluding hydrogens is 265 g/mol. The van der Waals surface area contributed by atoms with Gasteiger partial charge in [0, 0.05) is 36.3 Å². The molecule has 0 fully saturated rings. The van der Waals surface area contributed by atoms with Gasteiger partial charge in [0.15, 0.2) is 0 Å². The Hall–Kier alpha value is -1.68. The van der Waals surface area contributed by atoms with Crippen molar-refractivity contribution in [3.8, 4) is 5.69 Å². The van der Waals surface area contributed by atoms with Crippen LogP contribution in [0.2, 0.25) is 0 Å². The number of imidazole rings is 1. The molecule has 0 saturated carbocycles. The summed E-state index contributed by atoms with van der Waals surface area (Å²) in [6.45, 7) is 9.97. The first-order valence-corrected chi connectivity index (χ1v) is 7.46. The summed E-state index contributed by atoms with van der Waals surface area (Å²) >= 11 is 0. The first-order chi connectivity index (χ1) is 9.88. The lowest BCUT2D eigenvalue weighted by Crippen LogP contribution is -2.25. The summed E-state index contributed by atoms with van der Waals surface area (Å²) in [7, 11) is 0. The van der Waals surface area contributed by atoms with Crippen molar-refractivity contribution in [2.75, 3.05) is 6.54 Å². The molecule has 0 unspecified atom stereocenters. The van der Waals surface area contributed by atoms with Crippen LogP contribution in [0.4, 0.5) is 4.39 Å². The zero-order chi connectivity index (χ0) is 15.2. The number of rotatable bonds is 1. The first kappa shape index (κ1) is 14.3. The topological polar surface area (TPSA) is 29.9 Å². The van der Waals surface area contributed by atoms with E-state index in [9.17, 15) is 4.39 Å². The summed E-state index contributed by atoms with van der Waals surface area (Å²) in [6, 6.07) is 5.44. The molecule has 1 aromatic heterocycles. The minimum absolute atomic E-state index is 0.0846. The van der Waals surface area contributed by atoms with Crippen molar-refractivity contribution in [2.45, 2.75) is 46.1 Å². The molecule has 21 heavy (non-hydrogen) atoms. The molecule has 0 spiro atoms. The van der Waals surface area contributed by atoms with Gasteiger partial charge in [-0.15, -0.1) is 0 Å². The zero-order valence-electron chi connectivity index (χ0n) is 13.1. The van der Waals surface area contributed by atoms with Crippen molar-refractivity contribution in [1.82, 2.24) is 14.9 Å². The number of hydrogen-bond acceptors (Lipinski definition) is 2. The lowest BCUT2D eigenvalue weighted by atomic mass is 9.95. The van der Waals surface area contributed by atoms with Crippen LogP contribution in [0, 0.1) is 12.7 Å². The number of halogens is 1.